The second-order valence-corrected chi connectivity index (χ2v) is 7.96. The Morgan fingerprint density at radius 1 is 1.00 bits per heavy atom. The Kier molecular flexibility index (Phi) is 6.77. The van der Waals surface area contributed by atoms with Crippen LogP contribution in [0.1, 0.15) is 15.9 Å². The lowest BCUT2D eigenvalue weighted by Crippen LogP contribution is -2.28. The fraction of sp³-hybridized carbons (Fsp3) is 0.0800. The first-order valence-electron chi connectivity index (χ1n) is 10.0. The smallest absolute Gasteiger partial charge is 0.337 e. The highest BCUT2D eigenvalue weighted by atomic mass is 35.5. The Morgan fingerprint density at radius 2 is 1.82 bits per heavy atom. The first kappa shape index (κ1) is 22.6. The van der Waals surface area contributed by atoms with E-state index < -0.39 is 12.0 Å². The van der Waals surface area contributed by atoms with E-state index in [-0.39, 0.29) is 11.6 Å². The van der Waals surface area contributed by atoms with E-state index in [4.69, 9.17) is 27.9 Å². The van der Waals surface area contributed by atoms with Crippen molar-refractivity contribution in [1.29, 1.82) is 0 Å². The minimum atomic E-state index is -0.411. The molecule has 1 heterocycles. The monoisotopic (exact) mass is 479 g/mol. The topological polar surface area (TPSA) is 80.3 Å². The van der Waals surface area contributed by atoms with Crippen LogP contribution in [0.5, 0.6) is 0 Å². The van der Waals surface area contributed by atoms with Crippen molar-refractivity contribution in [3.05, 3.63) is 94.2 Å². The molecule has 0 bridgehead atoms. The van der Waals surface area contributed by atoms with Crippen LogP contribution in [0.25, 0.3) is 21.9 Å². The summed E-state index contributed by atoms with van der Waals surface area (Å²) in [6.07, 6.45) is 3.47. The van der Waals surface area contributed by atoms with Gasteiger partial charge in [-0.05, 0) is 52.4 Å². The number of ether oxygens (including phenoxy) is 1. The summed E-state index contributed by atoms with van der Waals surface area (Å²) in [6, 6.07) is 17.7. The highest BCUT2D eigenvalue weighted by Crippen LogP contribution is 2.32. The number of carbonyl (C=O) groups excluding carboxylic acids is 2. The Morgan fingerprint density at radius 3 is 2.64 bits per heavy atom. The number of esters is 1. The minimum Gasteiger partial charge on any atom is -0.465 e. The van der Waals surface area contributed by atoms with Gasteiger partial charge in [0.25, 0.3) is 0 Å². The summed E-state index contributed by atoms with van der Waals surface area (Å²) in [5, 5.41) is 8.02. The fourth-order valence-corrected chi connectivity index (χ4v) is 3.88. The zero-order valence-electron chi connectivity index (χ0n) is 17.6. The zero-order valence-corrected chi connectivity index (χ0v) is 19.1. The number of benzene rings is 3. The summed E-state index contributed by atoms with van der Waals surface area (Å²) in [5.41, 5.74) is 3.60. The number of methoxy groups -OCH3 is 1. The van der Waals surface area contributed by atoms with Crippen LogP contribution in [0.4, 0.5) is 10.5 Å². The lowest BCUT2D eigenvalue weighted by Gasteiger charge is -2.13. The van der Waals surface area contributed by atoms with Crippen LogP contribution in [0.2, 0.25) is 10.0 Å². The molecule has 0 saturated carbocycles. The number of nitrogens with zero attached hydrogens (tertiary/aromatic N) is 1. The highest BCUT2D eigenvalue weighted by molar-refractivity contribution is 6.43. The number of fused-ring (bicyclic) bond motifs is 1. The third kappa shape index (κ3) is 4.92. The predicted molar refractivity (Wildman–Crippen MR) is 131 cm³/mol. The van der Waals surface area contributed by atoms with E-state index in [1.54, 1.807) is 42.7 Å². The van der Waals surface area contributed by atoms with E-state index >= 15 is 0 Å². The molecular weight excluding hydrogens is 461 g/mol. The van der Waals surface area contributed by atoms with Crippen LogP contribution in [0.3, 0.4) is 0 Å². The van der Waals surface area contributed by atoms with Gasteiger partial charge >= 0.3 is 12.0 Å². The number of pyridine rings is 1. The van der Waals surface area contributed by atoms with Crippen LogP contribution in [-0.4, -0.2) is 24.1 Å². The molecule has 3 aromatic carbocycles. The van der Waals surface area contributed by atoms with Crippen LogP contribution in [0, 0.1) is 0 Å². The van der Waals surface area contributed by atoms with Crippen molar-refractivity contribution >= 4 is 51.7 Å². The number of amides is 2. The molecule has 0 unspecified atom stereocenters. The molecule has 0 saturated heterocycles. The molecule has 6 nitrogen and oxygen atoms in total. The summed E-state index contributed by atoms with van der Waals surface area (Å²) < 4.78 is 4.83. The number of hydrogen-bond acceptors (Lipinski definition) is 4. The van der Waals surface area contributed by atoms with E-state index in [9.17, 15) is 9.59 Å². The molecule has 2 amide bonds. The van der Waals surface area contributed by atoms with Gasteiger partial charge in [0.2, 0.25) is 0 Å². The van der Waals surface area contributed by atoms with Crippen LogP contribution in [-0.2, 0) is 11.3 Å². The third-order valence-corrected chi connectivity index (χ3v) is 5.96. The second-order valence-electron chi connectivity index (χ2n) is 7.17. The van der Waals surface area contributed by atoms with Crippen molar-refractivity contribution in [3.8, 4) is 11.1 Å². The van der Waals surface area contributed by atoms with E-state index in [1.165, 1.54) is 7.11 Å². The number of nitrogens with one attached hydrogen (secondary N) is 2. The third-order valence-electron chi connectivity index (χ3n) is 5.14. The fourth-order valence-electron chi connectivity index (χ4n) is 3.53. The van der Waals surface area contributed by atoms with Gasteiger partial charge in [-0.2, -0.15) is 0 Å². The lowest BCUT2D eigenvalue weighted by molar-refractivity contribution is 0.0600. The predicted octanol–water partition coefficient (Wildman–Crippen LogP) is 6.32. The van der Waals surface area contributed by atoms with Crippen molar-refractivity contribution in [3.63, 3.8) is 0 Å². The maximum Gasteiger partial charge on any atom is 0.337 e. The quantitative estimate of drug-likeness (QED) is 0.328. The molecule has 0 spiro atoms. The molecule has 0 aliphatic rings. The molecule has 33 heavy (non-hydrogen) atoms. The molecule has 166 valence electrons. The highest BCUT2D eigenvalue weighted by Gasteiger charge is 2.13. The van der Waals surface area contributed by atoms with Gasteiger partial charge in [0, 0.05) is 24.3 Å². The summed E-state index contributed by atoms with van der Waals surface area (Å²) >= 11 is 12.1. The van der Waals surface area contributed by atoms with Crippen LogP contribution >= 0.6 is 23.2 Å². The van der Waals surface area contributed by atoms with Gasteiger partial charge in [-0.1, -0.05) is 53.5 Å². The molecule has 0 aliphatic heterocycles. The largest absolute Gasteiger partial charge is 0.465 e. The van der Waals surface area contributed by atoms with Gasteiger partial charge < -0.3 is 15.4 Å². The molecule has 2 N–H and O–H groups in total. The Bertz CT molecular complexity index is 1360. The standard InChI is InChI=1S/C25H19Cl2N3O3/c1-33-24(31)16-5-2-4-15(12-16)18-9-8-17(20-14-28-11-10-19(18)20)13-29-25(32)30-22-7-3-6-21(26)23(22)27/h2-12,14H,13H2,1H3,(H2,29,30,32). The van der Waals surface area contributed by atoms with Crippen molar-refractivity contribution in [2.24, 2.45) is 0 Å². The summed E-state index contributed by atoms with van der Waals surface area (Å²) in [6.45, 7) is 0.273. The average molecular weight is 480 g/mol. The molecular formula is C25H19Cl2N3O3. The molecule has 0 aliphatic carbocycles. The number of carbonyl (C=O) groups is 2. The average Bonchev–Trinajstić information content (AvgIpc) is 2.85. The van der Waals surface area contributed by atoms with Crippen molar-refractivity contribution in [1.82, 2.24) is 10.3 Å². The first-order valence-corrected chi connectivity index (χ1v) is 10.8. The Balaban J connectivity index is 1.59. The van der Waals surface area contributed by atoms with Gasteiger partial charge in [-0.3, -0.25) is 4.98 Å². The summed E-state index contributed by atoms with van der Waals surface area (Å²) in [5.74, 6) is -0.394. The number of anilines is 1. The van der Waals surface area contributed by atoms with Crippen molar-refractivity contribution in [2.45, 2.75) is 6.54 Å². The van der Waals surface area contributed by atoms with E-state index in [2.05, 4.69) is 15.6 Å². The number of rotatable bonds is 5. The molecule has 0 radical (unpaired) electrons. The SMILES string of the molecule is COC(=O)c1cccc(-c2ccc(CNC(=O)Nc3cccc(Cl)c3Cl)c3cnccc23)c1. The van der Waals surface area contributed by atoms with Crippen molar-refractivity contribution in [2.75, 3.05) is 12.4 Å². The molecule has 4 aromatic rings. The number of hydrogen-bond donors (Lipinski definition) is 2. The summed E-state index contributed by atoms with van der Waals surface area (Å²) in [7, 11) is 1.36. The first-order chi connectivity index (χ1) is 16.0. The number of halogens is 2. The van der Waals surface area contributed by atoms with Gasteiger partial charge in [0.05, 0.1) is 28.4 Å². The Labute approximate surface area is 200 Å². The van der Waals surface area contributed by atoms with Gasteiger partial charge in [0.15, 0.2) is 0 Å². The molecule has 1 aromatic heterocycles. The summed E-state index contributed by atoms with van der Waals surface area (Å²) in [4.78, 5) is 28.6. The molecule has 0 fully saturated rings. The molecule has 0 atom stereocenters. The maximum atomic E-state index is 12.4. The van der Waals surface area contributed by atoms with Crippen LogP contribution < -0.4 is 10.6 Å². The van der Waals surface area contributed by atoms with E-state index in [1.807, 2.05) is 30.3 Å². The van der Waals surface area contributed by atoms with Gasteiger partial charge in [-0.15, -0.1) is 0 Å². The molecule has 4 rings (SSSR count). The van der Waals surface area contributed by atoms with Crippen molar-refractivity contribution < 1.29 is 14.3 Å². The van der Waals surface area contributed by atoms with Gasteiger partial charge in [0.1, 0.15) is 0 Å². The van der Waals surface area contributed by atoms with E-state index in [0.717, 1.165) is 27.5 Å². The minimum absolute atomic E-state index is 0.273. The number of urea groups is 1. The Hall–Kier alpha value is -3.61. The molecule has 8 heteroatoms. The maximum absolute atomic E-state index is 12.4. The van der Waals surface area contributed by atoms with Crippen LogP contribution in [0.15, 0.2) is 73.1 Å². The second kappa shape index (κ2) is 9.90. The van der Waals surface area contributed by atoms with Gasteiger partial charge in [-0.25, -0.2) is 9.59 Å². The normalized spacial score (nSPS) is 10.6. The van der Waals surface area contributed by atoms with E-state index in [0.29, 0.717) is 16.3 Å². The zero-order chi connectivity index (χ0) is 23.4. The number of aromatic nitrogens is 1. The lowest BCUT2D eigenvalue weighted by atomic mass is 9.95.